The maximum absolute atomic E-state index is 11.2. The van der Waals surface area contributed by atoms with Crippen molar-refractivity contribution in [2.75, 3.05) is 20.2 Å². The number of unbranched alkanes of at least 4 members (excludes halogenated alkanes) is 7. The number of carbonyl (C=O) groups excluding carboxylic acids is 1. The second-order valence-electron chi connectivity index (χ2n) is 5.17. The Morgan fingerprint density at radius 1 is 1.05 bits per heavy atom. The highest BCUT2D eigenvalue weighted by Gasteiger charge is 2.10. The lowest BCUT2D eigenvalue weighted by Crippen LogP contribution is -2.30. The van der Waals surface area contributed by atoms with Crippen LogP contribution < -0.4 is 0 Å². The van der Waals surface area contributed by atoms with Crippen LogP contribution in [-0.2, 0) is 14.3 Å². The summed E-state index contributed by atoms with van der Waals surface area (Å²) in [6, 6.07) is 0. The maximum Gasteiger partial charge on any atom is 0.325 e. The van der Waals surface area contributed by atoms with Crippen LogP contribution in [-0.4, -0.2) is 42.1 Å². The van der Waals surface area contributed by atoms with Gasteiger partial charge in [-0.05, 0) is 19.0 Å². The Kier molecular flexibility index (Phi) is 12.5. The molecule has 5 heteroatoms. The highest BCUT2D eigenvalue weighted by atomic mass is 16.5. The van der Waals surface area contributed by atoms with Gasteiger partial charge < -0.3 is 14.7 Å². The fourth-order valence-corrected chi connectivity index (χ4v) is 2.01. The third-order valence-electron chi connectivity index (χ3n) is 3.19. The van der Waals surface area contributed by atoms with Gasteiger partial charge in [-0.2, -0.15) is 0 Å². The molecule has 0 bridgehead atoms. The molecule has 0 aliphatic rings. The van der Waals surface area contributed by atoms with Crippen molar-refractivity contribution < 1.29 is 19.4 Å². The largest absolute Gasteiger partial charge is 0.480 e. The van der Waals surface area contributed by atoms with E-state index in [1.807, 2.05) is 6.08 Å². The third kappa shape index (κ3) is 13.2. The average Bonchev–Trinajstić information content (AvgIpc) is 2.44. The zero-order valence-electron chi connectivity index (χ0n) is 13.3. The highest BCUT2D eigenvalue weighted by Crippen LogP contribution is 2.08. The summed E-state index contributed by atoms with van der Waals surface area (Å²) in [6.45, 7) is 1.99. The Morgan fingerprint density at radius 3 is 2.24 bits per heavy atom. The molecule has 0 aromatic carbocycles. The summed E-state index contributed by atoms with van der Waals surface area (Å²) < 4.78 is 4.55. The third-order valence-corrected chi connectivity index (χ3v) is 3.19. The van der Waals surface area contributed by atoms with Crippen LogP contribution >= 0.6 is 0 Å². The van der Waals surface area contributed by atoms with Gasteiger partial charge in [0.1, 0.15) is 13.1 Å². The quantitative estimate of drug-likeness (QED) is 0.418. The molecule has 5 nitrogen and oxygen atoms in total. The van der Waals surface area contributed by atoms with Crippen LogP contribution in [0.15, 0.2) is 12.3 Å². The first-order valence-electron chi connectivity index (χ1n) is 7.79. The van der Waals surface area contributed by atoms with Gasteiger partial charge >= 0.3 is 11.9 Å². The van der Waals surface area contributed by atoms with Crippen molar-refractivity contribution in [3.8, 4) is 0 Å². The second kappa shape index (κ2) is 13.5. The fourth-order valence-electron chi connectivity index (χ4n) is 2.01. The Bertz CT molecular complexity index is 315. The number of carbonyl (C=O) groups is 2. The van der Waals surface area contributed by atoms with Gasteiger partial charge in [-0.3, -0.25) is 9.59 Å². The van der Waals surface area contributed by atoms with Crippen molar-refractivity contribution in [1.82, 2.24) is 4.90 Å². The molecule has 0 unspecified atom stereocenters. The number of methoxy groups -OCH3 is 1. The molecule has 0 aromatic rings. The summed E-state index contributed by atoms with van der Waals surface area (Å²) in [5, 5.41) is 8.79. The summed E-state index contributed by atoms with van der Waals surface area (Å²) in [5.41, 5.74) is 0. The monoisotopic (exact) mass is 299 g/mol. The van der Waals surface area contributed by atoms with Crippen LogP contribution in [0.1, 0.15) is 58.3 Å². The van der Waals surface area contributed by atoms with E-state index >= 15 is 0 Å². The lowest BCUT2D eigenvalue weighted by molar-refractivity contribution is -0.142. The molecule has 0 aliphatic carbocycles. The van der Waals surface area contributed by atoms with Gasteiger partial charge in [-0.1, -0.05) is 51.5 Å². The van der Waals surface area contributed by atoms with E-state index < -0.39 is 11.9 Å². The summed E-state index contributed by atoms with van der Waals surface area (Å²) in [4.78, 5) is 23.3. The van der Waals surface area contributed by atoms with Crippen molar-refractivity contribution in [3.05, 3.63) is 12.3 Å². The first-order chi connectivity index (χ1) is 10.1. The Morgan fingerprint density at radius 2 is 1.67 bits per heavy atom. The van der Waals surface area contributed by atoms with E-state index in [1.165, 1.54) is 50.5 Å². The minimum Gasteiger partial charge on any atom is -0.480 e. The van der Waals surface area contributed by atoms with Gasteiger partial charge in [-0.15, -0.1) is 0 Å². The van der Waals surface area contributed by atoms with E-state index in [2.05, 4.69) is 11.7 Å². The summed E-state index contributed by atoms with van der Waals surface area (Å²) >= 11 is 0. The molecule has 0 saturated carbocycles. The predicted octanol–water partition coefficient (Wildman–Crippen LogP) is 3.20. The molecule has 21 heavy (non-hydrogen) atoms. The first kappa shape index (κ1) is 19.5. The molecule has 0 atom stereocenters. The molecule has 0 spiro atoms. The van der Waals surface area contributed by atoms with E-state index in [0.29, 0.717) is 0 Å². The van der Waals surface area contributed by atoms with Gasteiger partial charge in [0.25, 0.3) is 0 Å². The lowest BCUT2D eigenvalue weighted by atomic mass is 10.1. The van der Waals surface area contributed by atoms with Crippen molar-refractivity contribution in [2.24, 2.45) is 0 Å². The molecule has 0 aliphatic heterocycles. The Balaban J connectivity index is 3.82. The maximum atomic E-state index is 11.2. The van der Waals surface area contributed by atoms with Crippen molar-refractivity contribution in [3.63, 3.8) is 0 Å². The minimum atomic E-state index is -0.959. The Labute approximate surface area is 128 Å². The van der Waals surface area contributed by atoms with Gasteiger partial charge in [0.05, 0.1) is 7.11 Å². The topological polar surface area (TPSA) is 66.8 Å². The van der Waals surface area contributed by atoms with E-state index in [0.717, 1.165) is 12.8 Å². The number of nitrogens with zero attached hydrogens (tertiary/aromatic N) is 1. The normalized spacial score (nSPS) is 10.8. The number of hydrogen-bond donors (Lipinski definition) is 1. The number of ether oxygens (including phenoxy) is 1. The molecule has 0 saturated heterocycles. The number of carboxylic acid groups (broad SMARTS) is 1. The smallest absolute Gasteiger partial charge is 0.325 e. The summed E-state index contributed by atoms with van der Waals surface area (Å²) in [6.07, 6.45) is 13.3. The molecule has 0 radical (unpaired) electrons. The van der Waals surface area contributed by atoms with E-state index in [4.69, 9.17) is 5.11 Å². The zero-order valence-corrected chi connectivity index (χ0v) is 13.3. The van der Waals surface area contributed by atoms with E-state index in [-0.39, 0.29) is 13.1 Å². The average molecular weight is 299 g/mol. The van der Waals surface area contributed by atoms with Gasteiger partial charge in [0.15, 0.2) is 0 Å². The van der Waals surface area contributed by atoms with Crippen molar-refractivity contribution >= 4 is 11.9 Å². The first-order valence-corrected chi connectivity index (χ1v) is 7.79. The fraction of sp³-hybridized carbons (Fsp3) is 0.750. The van der Waals surface area contributed by atoms with Crippen LogP contribution in [0.2, 0.25) is 0 Å². The van der Waals surface area contributed by atoms with Gasteiger partial charge in [-0.25, -0.2) is 0 Å². The second-order valence-corrected chi connectivity index (χ2v) is 5.17. The van der Waals surface area contributed by atoms with Crippen LogP contribution in [0.3, 0.4) is 0 Å². The highest BCUT2D eigenvalue weighted by molar-refractivity contribution is 5.74. The molecule has 0 aromatic heterocycles. The molecule has 0 amide bonds. The van der Waals surface area contributed by atoms with E-state index in [9.17, 15) is 9.59 Å². The molecule has 1 N–H and O–H groups in total. The number of esters is 1. The number of allylic oxidation sites excluding steroid dienone is 1. The van der Waals surface area contributed by atoms with Gasteiger partial charge in [0, 0.05) is 0 Å². The number of carboxylic acids is 1. The summed E-state index contributed by atoms with van der Waals surface area (Å²) in [7, 11) is 1.30. The number of rotatable bonds is 13. The van der Waals surface area contributed by atoms with Crippen LogP contribution in [0, 0.1) is 0 Å². The zero-order chi connectivity index (χ0) is 15.9. The van der Waals surface area contributed by atoms with Crippen LogP contribution in [0.5, 0.6) is 0 Å². The predicted molar refractivity (Wildman–Crippen MR) is 83.0 cm³/mol. The Hall–Kier alpha value is -1.52. The number of aliphatic carboxylic acids is 1. The molecule has 122 valence electrons. The SMILES string of the molecule is CCCCCCCCCC=CN(CC(=O)O)CC(=O)OC. The standard InChI is InChI=1S/C16H29NO4/c1-3-4-5-6-7-8-9-10-11-12-17(13-15(18)19)14-16(20)21-2/h11-12H,3-10,13-14H2,1-2H3,(H,18,19). The van der Waals surface area contributed by atoms with Crippen LogP contribution in [0.4, 0.5) is 0 Å². The van der Waals surface area contributed by atoms with Gasteiger partial charge in [0.2, 0.25) is 0 Å². The summed E-state index contributed by atoms with van der Waals surface area (Å²) in [5.74, 6) is -1.39. The molecular weight excluding hydrogens is 270 g/mol. The van der Waals surface area contributed by atoms with Crippen LogP contribution in [0.25, 0.3) is 0 Å². The number of hydrogen-bond acceptors (Lipinski definition) is 4. The molecule has 0 heterocycles. The van der Waals surface area contributed by atoms with Crippen molar-refractivity contribution in [2.45, 2.75) is 58.3 Å². The molecular formula is C16H29NO4. The van der Waals surface area contributed by atoms with E-state index in [1.54, 1.807) is 6.20 Å². The minimum absolute atomic E-state index is 0.0314. The molecule has 0 fully saturated rings. The molecule has 0 rings (SSSR count). The van der Waals surface area contributed by atoms with Crippen molar-refractivity contribution in [1.29, 1.82) is 0 Å². The lowest BCUT2D eigenvalue weighted by Gasteiger charge is -2.16.